The fourth-order valence-corrected chi connectivity index (χ4v) is 2.14. The standard InChI is InChI=1S/2C9H7.C2H5.B.2ClH.Ti/c2*1-2-5-9-7-3-6-8(9)4-1;1-2;;;;/h2*1-7H;1H2,2H3;;2*1H;/q3*-1;;;;. The van der Waals surface area contributed by atoms with Gasteiger partial charge in [-0.15, -0.1) is 84.1 Å². The minimum Gasteiger partial charge on any atom is -0.346 e. The van der Waals surface area contributed by atoms with Crippen LogP contribution < -0.4 is 0 Å². The van der Waals surface area contributed by atoms with Crippen LogP contribution in [0.25, 0.3) is 21.5 Å². The summed E-state index contributed by atoms with van der Waals surface area (Å²) in [6, 6.07) is 29.3. The molecule has 0 fully saturated rings. The quantitative estimate of drug-likeness (QED) is 0.240. The molecule has 0 N–H and O–H groups in total. The van der Waals surface area contributed by atoms with E-state index in [4.69, 9.17) is 0 Å². The topological polar surface area (TPSA) is 0 Å². The predicted molar refractivity (Wildman–Crippen MR) is 110 cm³/mol. The Morgan fingerprint density at radius 2 is 1.00 bits per heavy atom. The van der Waals surface area contributed by atoms with Crippen LogP contribution in [0.5, 0.6) is 0 Å². The number of benzene rings is 2. The number of hydrogen-bond acceptors (Lipinski definition) is 0. The molecule has 0 atom stereocenters. The zero-order valence-corrected chi connectivity index (χ0v) is 16.9. The SMILES string of the molecule is Cl.Cl.[B]=[Ti].[CH2-]C.c1ccc2[cH-]ccc2c1.c1ccc2[cH-]ccc2c1. The number of rotatable bonds is 0. The third kappa shape index (κ3) is 7.73. The van der Waals surface area contributed by atoms with Gasteiger partial charge < -0.3 is 6.92 Å². The summed E-state index contributed by atoms with van der Waals surface area (Å²) < 4.78 is 0. The van der Waals surface area contributed by atoms with Gasteiger partial charge in [0, 0.05) is 0 Å². The fourth-order valence-electron chi connectivity index (χ4n) is 2.14. The van der Waals surface area contributed by atoms with Gasteiger partial charge >= 0.3 is 25.3 Å². The normalized spacial score (nSPS) is 8.00. The maximum absolute atomic E-state index is 4.50. The third-order valence-electron chi connectivity index (χ3n) is 3.10. The Hall–Kier alpha value is -0.981. The van der Waals surface area contributed by atoms with E-state index in [2.05, 4.69) is 97.4 Å². The van der Waals surface area contributed by atoms with Gasteiger partial charge in [0.15, 0.2) is 0 Å². The van der Waals surface area contributed by atoms with Crippen LogP contribution in [-0.2, 0) is 19.8 Å². The number of hydrogen-bond donors (Lipinski definition) is 0. The van der Waals surface area contributed by atoms with Crippen molar-refractivity contribution < 1.29 is 19.8 Å². The molecular formula is C20H21BCl2Ti-3. The van der Waals surface area contributed by atoms with Crippen LogP contribution in [0, 0.1) is 6.92 Å². The first-order valence-electron chi connectivity index (χ1n) is 7.14. The molecule has 0 aliphatic carbocycles. The summed E-state index contributed by atoms with van der Waals surface area (Å²) in [5.74, 6) is 0. The van der Waals surface area contributed by atoms with Gasteiger partial charge in [-0.1, -0.05) is 12.1 Å². The van der Waals surface area contributed by atoms with Crippen LogP contribution in [0.15, 0.2) is 84.9 Å². The van der Waals surface area contributed by atoms with Gasteiger partial charge in [0.2, 0.25) is 0 Å². The second kappa shape index (κ2) is 15.5. The van der Waals surface area contributed by atoms with Gasteiger partial charge in [0.1, 0.15) is 0 Å². The molecule has 24 heavy (non-hydrogen) atoms. The molecule has 0 nitrogen and oxygen atoms in total. The molecule has 0 saturated heterocycles. The van der Waals surface area contributed by atoms with E-state index < -0.39 is 0 Å². The van der Waals surface area contributed by atoms with Crippen LogP contribution in [-0.4, -0.2) is 5.59 Å². The van der Waals surface area contributed by atoms with Crippen molar-refractivity contribution in [2.75, 3.05) is 0 Å². The Bertz CT molecular complexity index is 651. The van der Waals surface area contributed by atoms with E-state index in [1.165, 1.54) is 41.3 Å². The van der Waals surface area contributed by atoms with Gasteiger partial charge in [0.25, 0.3) is 0 Å². The molecule has 4 aromatic carbocycles. The summed E-state index contributed by atoms with van der Waals surface area (Å²) in [4.78, 5) is 0. The van der Waals surface area contributed by atoms with Gasteiger partial charge in [-0.2, -0.15) is 42.0 Å². The summed E-state index contributed by atoms with van der Waals surface area (Å²) >= 11 is 1.50. The van der Waals surface area contributed by atoms with E-state index in [9.17, 15) is 0 Å². The zero-order valence-electron chi connectivity index (χ0n) is 13.7. The van der Waals surface area contributed by atoms with Crippen molar-refractivity contribution in [3.63, 3.8) is 0 Å². The average molecular weight is 391 g/mol. The van der Waals surface area contributed by atoms with Crippen molar-refractivity contribution in [2.45, 2.75) is 6.92 Å². The van der Waals surface area contributed by atoms with E-state index in [-0.39, 0.29) is 24.8 Å². The predicted octanol–water partition coefficient (Wildman–Crippen LogP) is 6.42. The summed E-state index contributed by atoms with van der Waals surface area (Å²) in [6.07, 6.45) is 0. The maximum Gasteiger partial charge on any atom is -0.0809 e. The monoisotopic (exact) mass is 390 g/mol. The fraction of sp³-hybridized carbons (Fsp3) is 0.0500. The van der Waals surface area contributed by atoms with Gasteiger partial charge in [-0.05, 0) is 0 Å². The van der Waals surface area contributed by atoms with Crippen molar-refractivity contribution in [1.82, 2.24) is 0 Å². The minimum absolute atomic E-state index is 0. The van der Waals surface area contributed by atoms with Crippen LogP contribution in [0.1, 0.15) is 6.92 Å². The average Bonchev–Trinajstić information content (AvgIpc) is 3.28. The van der Waals surface area contributed by atoms with Crippen LogP contribution in [0.4, 0.5) is 0 Å². The molecule has 0 spiro atoms. The Morgan fingerprint density at radius 3 is 1.33 bits per heavy atom. The summed E-state index contributed by atoms with van der Waals surface area (Å²) in [5, 5.41) is 5.32. The van der Waals surface area contributed by atoms with Crippen molar-refractivity contribution in [3.05, 3.63) is 91.9 Å². The van der Waals surface area contributed by atoms with Crippen molar-refractivity contribution >= 4 is 51.9 Å². The molecular weight excluding hydrogens is 370 g/mol. The second-order valence-corrected chi connectivity index (χ2v) is 4.31. The third-order valence-corrected chi connectivity index (χ3v) is 3.10. The first-order valence-corrected chi connectivity index (χ1v) is 8.04. The van der Waals surface area contributed by atoms with Crippen molar-refractivity contribution in [1.29, 1.82) is 0 Å². The molecule has 0 saturated carbocycles. The molecule has 4 heteroatoms. The smallest absolute Gasteiger partial charge is 0.0809 e. The van der Waals surface area contributed by atoms with Crippen molar-refractivity contribution in [3.8, 4) is 0 Å². The Morgan fingerprint density at radius 1 is 0.667 bits per heavy atom. The van der Waals surface area contributed by atoms with Gasteiger partial charge in [-0.25, -0.2) is 0 Å². The molecule has 125 valence electrons. The molecule has 0 amide bonds. The largest absolute Gasteiger partial charge is 0.346 e. The van der Waals surface area contributed by atoms with Gasteiger partial charge in [-0.3, -0.25) is 0 Å². The summed E-state index contributed by atoms with van der Waals surface area (Å²) in [6.45, 7) is 5.00. The zero-order chi connectivity index (χ0) is 16.2. The van der Waals surface area contributed by atoms with Gasteiger partial charge in [0.05, 0.1) is 0 Å². The molecule has 4 rings (SSSR count). The Balaban J connectivity index is 0. The maximum atomic E-state index is 4.50. The molecule has 0 aliphatic heterocycles. The van der Waals surface area contributed by atoms with Crippen LogP contribution in [0.2, 0.25) is 0 Å². The second-order valence-electron chi connectivity index (χ2n) is 4.31. The molecule has 0 bridgehead atoms. The molecule has 0 aliphatic rings. The van der Waals surface area contributed by atoms with E-state index >= 15 is 0 Å². The molecule has 4 aromatic rings. The molecule has 0 aromatic heterocycles. The first-order chi connectivity index (χ1) is 10.9. The van der Waals surface area contributed by atoms with E-state index in [0.29, 0.717) is 0 Å². The molecule has 1 radical (unpaired) electrons. The first kappa shape index (κ1) is 25.3. The van der Waals surface area contributed by atoms with E-state index in [1.54, 1.807) is 6.92 Å². The van der Waals surface area contributed by atoms with E-state index in [0.717, 1.165) is 0 Å². The summed E-state index contributed by atoms with van der Waals surface area (Å²) in [5.41, 5.74) is 4.50. The Kier molecular flexibility index (Phi) is 16.4. The molecule has 0 heterocycles. The molecule has 0 unspecified atom stereocenters. The van der Waals surface area contributed by atoms with E-state index in [1.807, 2.05) is 0 Å². The van der Waals surface area contributed by atoms with Crippen LogP contribution in [0.3, 0.4) is 0 Å². The summed E-state index contributed by atoms with van der Waals surface area (Å²) in [7, 11) is 0. The van der Waals surface area contributed by atoms with Crippen LogP contribution >= 0.6 is 24.8 Å². The van der Waals surface area contributed by atoms with Crippen molar-refractivity contribution in [2.24, 2.45) is 0 Å². The Labute approximate surface area is 169 Å². The number of halogens is 2. The number of fused-ring (bicyclic) bond motifs is 2. The minimum atomic E-state index is 0.